The lowest BCUT2D eigenvalue weighted by atomic mass is 9.75. The molecule has 3 rings (SSSR count). The fraction of sp³-hybridized carbons (Fsp3) is 0.520. The monoisotopic (exact) mass is 451 g/mol. The normalized spacial score (nSPS) is 15.1. The van der Waals surface area contributed by atoms with Gasteiger partial charge < -0.3 is 19.3 Å². The Morgan fingerprint density at radius 1 is 1.24 bits per heavy atom. The maximum atomic E-state index is 13.1. The van der Waals surface area contributed by atoms with Crippen molar-refractivity contribution in [3.05, 3.63) is 47.9 Å². The summed E-state index contributed by atoms with van der Waals surface area (Å²) in [6.45, 7) is 8.01. The van der Waals surface area contributed by atoms with Gasteiger partial charge in [0.25, 0.3) is 0 Å². The average Bonchev–Trinajstić information content (AvgIpc) is 2.82. The summed E-state index contributed by atoms with van der Waals surface area (Å²) in [4.78, 5) is 25.7. The second-order valence-corrected chi connectivity index (χ2v) is 8.30. The third kappa shape index (κ3) is 5.42. The molecule has 0 aromatic carbocycles. The predicted octanol–water partition coefficient (Wildman–Crippen LogP) is 3.52. The summed E-state index contributed by atoms with van der Waals surface area (Å²) in [6.07, 6.45) is 7.79. The Labute approximate surface area is 196 Å². The number of carbonyl (C=O) groups is 1. The largest absolute Gasteiger partial charge is 0.496 e. The molecule has 8 nitrogen and oxygen atoms in total. The van der Waals surface area contributed by atoms with Crippen molar-refractivity contribution in [2.24, 2.45) is 0 Å². The maximum Gasteiger partial charge on any atom is 0.248 e. The number of hydrogen-bond acceptors (Lipinski definition) is 7. The second kappa shape index (κ2) is 11.1. The van der Waals surface area contributed by atoms with Gasteiger partial charge in [0.1, 0.15) is 24.2 Å². The van der Waals surface area contributed by atoms with E-state index in [0.29, 0.717) is 18.7 Å². The zero-order chi connectivity index (χ0) is 23.8. The number of hydrogen-bond donors (Lipinski definition) is 0. The molecule has 176 valence electrons. The number of methoxy groups -OCH3 is 1. The molecule has 1 aliphatic rings. The van der Waals surface area contributed by atoms with Crippen LogP contribution in [0.4, 0.5) is 5.82 Å². The number of carbonyl (C=O) groups excluding carboxylic acids is 1. The first-order chi connectivity index (χ1) is 16.0. The minimum Gasteiger partial charge on any atom is -0.496 e. The number of ether oxygens (including phenoxy) is 2. The molecule has 1 unspecified atom stereocenters. The fourth-order valence-corrected chi connectivity index (χ4v) is 4.33. The summed E-state index contributed by atoms with van der Waals surface area (Å²) in [7, 11) is 1.64. The minimum atomic E-state index is -0.512. The van der Waals surface area contributed by atoms with E-state index in [-0.39, 0.29) is 18.6 Å². The molecule has 8 heteroatoms. The van der Waals surface area contributed by atoms with E-state index in [4.69, 9.17) is 14.7 Å². The standard InChI is InChI=1S/C25H33N5O3/c1-5-29(17-19(3)30(6-2)23-9-8-20(14-26)15-28-23)24(31)18-33-25(11-7-12-25)21-16-27-13-10-22(21)32-4/h8-10,13,15-16,19H,5-7,11-12,17-18H2,1-4H3. The van der Waals surface area contributed by atoms with Crippen LogP contribution >= 0.6 is 0 Å². The SMILES string of the molecule is CCN(CC(C)N(CC)c1ccc(C#N)cn1)C(=O)COC1(c2cnccc2OC)CCC1. The first kappa shape index (κ1) is 24.5. The van der Waals surface area contributed by atoms with Gasteiger partial charge in [0.05, 0.1) is 18.3 Å². The van der Waals surface area contributed by atoms with E-state index < -0.39 is 5.60 Å². The van der Waals surface area contributed by atoms with E-state index >= 15 is 0 Å². The quantitative estimate of drug-likeness (QED) is 0.516. The highest BCUT2D eigenvalue weighted by molar-refractivity contribution is 5.77. The van der Waals surface area contributed by atoms with E-state index in [1.54, 1.807) is 31.8 Å². The van der Waals surface area contributed by atoms with Crippen LogP contribution in [0.1, 0.15) is 51.2 Å². The van der Waals surface area contributed by atoms with Crippen molar-refractivity contribution in [1.82, 2.24) is 14.9 Å². The third-order valence-electron chi connectivity index (χ3n) is 6.39. The van der Waals surface area contributed by atoms with Crippen molar-refractivity contribution in [2.75, 3.05) is 38.3 Å². The van der Waals surface area contributed by atoms with Crippen LogP contribution in [-0.2, 0) is 15.1 Å². The third-order valence-corrected chi connectivity index (χ3v) is 6.39. The molecule has 2 aromatic rings. The molecule has 0 radical (unpaired) electrons. The molecule has 33 heavy (non-hydrogen) atoms. The minimum absolute atomic E-state index is 0.0137. The van der Waals surface area contributed by atoms with Crippen LogP contribution in [0.5, 0.6) is 5.75 Å². The molecule has 0 spiro atoms. The Kier molecular flexibility index (Phi) is 8.23. The first-order valence-electron chi connectivity index (χ1n) is 11.5. The molecule has 2 aromatic heterocycles. The van der Waals surface area contributed by atoms with E-state index in [9.17, 15) is 4.79 Å². The summed E-state index contributed by atoms with van der Waals surface area (Å²) in [6, 6.07) is 7.59. The number of pyridine rings is 2. The summed E-state index contributed by atoms with van der Waals surface area (Å²) in [5, 5.41) is 9.01. The molecule has 1 amide bonds. The van der Waals surface area contributed by atoms with Crippen LogP contribution < -0.4 is 9.64 Å². The highest BCUT2D eigenvalue weighted by atomic mass is 16.5. The van der Waals surface area contributed by atoms with Crippen molar-refractivity contribution in [2.45, 2.75) is 51.7 Å². The van der Waals surface area contributed by atoms with Crippen molar-refractivity contribution < 1.29 is 14.3 Å². The van der Waals surface area contributed by atoms with Crippen molar-refractivity contribution in [3.8, 4) is 11.8 Å². The lowest BCUT2D eigenvalue weighted by Crippen LogP contribution is -2.47. The molecule has 0 saturated heterocycles. The molecule has 1 atom stereocenters. The van der Waals surface area contributed by atoms with Gasteiger partial charge in [0, 0.05) is 49.8 Å². The van der Waals surface area contributed by atoms with Gasteiger partial charge in [-0.3, -0.25) is 9.78 Å². The van der Waals surface area contributed by atoms with E-state index in [1.165, 1.54) is 0 Å². The van der Waals surface area contributed by atoms with Crippen molar-refractivity contribution in [1.29, 1.82) is 5.26 Å². The highest BCUT2D eigenvalue weighted by Crippen LogP contribution is 2.47. The smallest absolute Gasteiger partial charge is 0.248 e. The van der Waals surface area contributed by atoms with Crippen LogP contribution in [0.2, 0.25) is 0 Å². The van der Waals surface area contributed by atoms with Gasteiger partial charge in [-0.15, -0.1) is 0 Å². The Balaban J connectivity index is 1.65. The van der Waals surface area contributed by atoms with Crippen LogP contribution in [0.25, 0.3) is 0 Å². The Hall–Kier alpha value is -3.18. The predicted molar refractivity (Wildman–Crippen MR) is 126 cm³/mol. The van der Waals surface area contributed by atoms with Gasteiger partial charge >= 0.3 is 0 Å². The molecule has 1 aliphatic carbocycles. The molecule has 1 saturated carbocycles. The molecular formula is C25H33N5O3. The van der Waals surface area contributed by atoms with Crippen LogP contribution in [-0.4, -0.2) is 60.2 Å². The topological polar surface area (TPSA) is 91.6 Å². The molecule has 0 bridgehead atoms. The van der Waals surface area contributed by atoms with Gasteiger partial charge in [-0.25, -0.2) is 4.98 Å². The number of nitrogens with zero attached hydrogens (tertiary/aromatic N) is 5. The fourth-order valence-electron chi connectivity index (χ4n) is 4.33. The Bertz CT molecular complexity index is 969. The highest BCUT2D eigenvalue weighted by Gasteiger charge is 2.43. The van der Waals surface area contributed by atoms with Crippen LogP contribution in [0.15, 0.2) is 36.8 Å². The van der Waals surface area contributed by atoms with Gasteiger partial charge in [0.15, 0.2) is 0 Å². The summed E-state index contributed by atoms with van der Waals surface area (Å²) >= 11 is 0. The van der Waals surface area contributed by atoms with Crippen LogP contribution in [0.3, 0.4) is 0 Å². The summed E-state index contributed by atoms with van der Waals surface area (Å²) < 4.78 is 11.8. The molecule has 1 fully saturated rings. The van der Waals surface area contributed by atoms with Gasteiger partial charge in [0.2, 0.25) is 5.91 Å². The van der Waals surface area contributed by atoms with Gasteiger partial charge in [-0.1, -0.05) is 0 Å². The number of rotatable bonds is 11. The number of amides is 1. The summed E-state index contributed by atoms with van der Waals surface area (Å²) in [5.41, 5.74) is 0.925. The number of nitriles is 1. The molecule has 2 heterocycles. The number of likely N-dealkylation sites (N-methyl/N-ethyl adjacent to an activating group) is 2. The lowest BCUT2D eigenvalue weighted by Gasteiger charge is -2.42. The van der Waals surface area contributed by atoms with E-state index in [1.807, 2.05) is 24.0 Å². The van der Waals surface area contributed by atoms with Crippen molar-refractivity contribution >= 4 is 11.7 Å². The molecule has 0 aliphatic heterocycles. The Morgan fingerprint density at radius 3 is 2.58 bits per heavy atom. The van der Waals surface area contributed by atoms with Gasteiger partial charge in [-0.2, -0.15) is 5.26 Å². The van der Waals surface area contributed by atoms with Gasteiger partial charge in [-0.05, 0) is 58.2 Å². The zero-order valence-electron chi connectivity index (χ0n) is 20.0. The number of anilines is 1. The zero-order valence-corrected chi connectivity index (χ0v) is 20.0. The van der Waals surface area contributed by atoms with E-state index in [0.717, 1.165) is 42.9 Å². The average molecular weight is 452 g/mol. The Morgan fingerprint density at radius 2 is 2.03 bits per heavy atom. The summed E-state index contributed by atoms with van der Waals surface area (Å²) in [5.74, 6) is 1.50. The lowest BCUT2D eigenvalue weighted by molar-refractivity contribution is -0.153. The maximum absolute atomic E-state index is 13.1. The second-order valence-electron chi connectivity index (χ2n) is 8.30. The first-order valence-corrected chi connectivity index (χ1v) is 11.5. The number of aromatic nitrogens is 2. The van der Waals surface area contributed by atoms with Crippen molar-refractivity contribution in [3.63, 3.8) is 0 Å². The molecular weight excluding hydrogens is 418 g/mol. The molecule has 0 N–H and O–H groups in total. The van der Waals surface area contributed by atoms with Crippen LogP contribution in [0, 0.1) is 11.3 Å². The van der Waals surface area contributed by atoms with E-state index in [2.05, 4.69) is 34.8 Å².